The van der Waals surface area contributed by atoms with Crippen molar-refractivity contribution in [2.24, 2.45) is 0 Å². The van der Waals surface area contributed by atoms with Gasteiger partial charge in [0.25, 0.3) is 0 Å². The third kappa shape index (κ3) is 3.58. The quantitative estimate of drug-likeness (QED) is 0.769. The molecular formula is C14H11Br2ClO. The molecule has 0 radical (unpaired) electrons. The molecule has 0 saturated heterocycles. The number of halogens is 3. The minimum Gasteiger partial charge on any atom is -0.388 e. The van der Waals surface area contributed by atoms with Gasteiger partial charge in [-0.3, -0.25) is 0 Å². The van der Waals surface area contributed by atoms with Crippen LogP contribution in [0.2, 0.25) is 5.02 Å². The topological polar surface area (TPSA) is 20.2 Å². The van der Waals surface area contributed by atoms with Gasteiger partial charge in [0, 0.05) is 20.4 Å². The minimum absolute atomic E-state index is 0.543. The predicted octanol–water partition coefficient (Wildman–Crippen LogP) is 5.14. The van der Waals surface area contributed by atoms with Crippen molar-refractivity contribution in [3.8, 4) is 0 Å². The Morgan fingerprint density at radius 3 is 2.39 bits per heavy atom. The van der Waals surface area contributed by atoms with E-state index >= 15 is 0 Å². The second-order valence-corrected chi connectivity index (χ2v) is 6.22. The van der Waals surface area contributed by atoms with Crippen LogP contribution in [-0.4, -0.2) is 5.11 Å². The van der Waals surface area contributed by atoms with Gasteiger partial charge in [-0.25, -0.2) is 0 Å². The molecule has 0 aliphatic rings. The maximum absolute atomic E-state index is 10.3. The molecule has 2 rings (SSSR count). The Morgan fingerprint density at radius 1 is 1.06 bits per heavy atom. The van der Waals surface area contributed by atoms with Gasteiger partial charge in [0.1, 0.15) is 0 Å². The van der Waals surface area contributed by atoms with Crippen LogP contribution in [0.3, 0.4) is 0 Å². The van der Waals surface area contributed by atoms with E-state index in [1.54, 1.807) is 0 Å². The first-order valence-electron chi connectivity index (χ1n) is 5.44. The maximum atomic E-state index is 10.3. The summed E-state index contributed by atoms with van der Waals surface area (Å²) in [7, 11) is 0. The predicted molar refractivity (Wildman–Crippen MR) is 82.0 cm³/mol. The molecule has 1 atom stereocenters. The molecule has 0 fully saturated rings. The van der Waals surface area contributed by atoms with E-state index in [1.165, 1.54) is 0 Å². The molecule has 0 aliphatic heterocycles. The van der Waals surface area contributed by atoms with Crippen molar-refractivity contribution in [1.29, 1.82) is 0 Å². The highest BCUT2D eigenvalue weighted by Gasteiger charge is 2.12. The SMILES string of the molecule is OC(Cc1ccc(Cl)cc1)c1cc(Br)ccc1Br. The number of aliphatic hydroxyl groups excluding tert-OH is 1. The first-order valence-corrected chi connectivity index (χ1v) is 7.40. The van der Waals surface area contributed by atoms with E-state index in [1.807, 2.05) is 42.5 Å². The van der Waals surface area contributed by atoms with Crippen LogP contribution in [0.25, 0.3) is 0 Å². The summed E-state index contributed by atoms with van der Waals surface area (Å²) in [4.78, 5) is 0. The van der Waals surface area contributed by atoms with E-state index in [-0.39, 0.29) is 0 Å². The molecule has 1 unspecified atom stereocenters. The average molecular weight is 391 g/mol. The Kier molecular flexibility index (Phi) is 4.84. The fraction of sp³-hybridized carbons (Fsp3) is 0.143. The third-order valence-electron chi connectivity index (χ3n) is 2.66. The largest absolute Gasteiger partial charge is 0.388 e. The third-order valence-corrected chi connectivity index (χ3v) is 4.13. The zero-order valence-electron chi connectivity index (χ0n) is 9.41. The normalized spacial score (nSPS) is 12.4. The lowest BCUT2D eigenvalue weighted by molar-refractivity contribution is 0.177. The molecule has 1 nitrogen and oxygen atoms in total. The van der Waals surface area contributed by atoms with Crippen molar-refractivity contribution < 1.29 is 5.11 Å². The molecule has 1 N–H and O–H groups in total. The Hall–Kier alpha value is -0.350. The van der Waals surface area contributed by atoms with E-state index in [4.69, 9.17) is 11.6 Å². The van der Waals surface area contributed by atoms with Crippen molar-refractivity contribution in [1.82, 2.24) is 0 Å². The fourth-order valence-electron chi connectivity index (χ4n) is 1.72. The van der Waals surface area contributed by atoms with E-state index in [9.17, 15) is 5.11 Å². The molecule has 0 spiro atoms. The lowest BCUT2D eigenvalue weighted by Crippen LogP contribution is -2.02. The zero-order valence-corrected chi connectivity index (χ0v) is 13.3. The molecular weight excluding hydrogens is 379 g/mol. The molecule has 0 saturated carbocycles. The smallest absolute Gasteiger partial charge is 0.0841 e. The number of benzene rings is 2. The fourth-order valence-corrected chi connectivity index (χ4v) is 2.74. The van der Waals surface area contributed by atoms with Crippen molar-refractivity contribution >= 4 is 43.5 Å². The molecule has 0 aliphatic carbocycles. The van der Waals surface area contributed by atoms with Crippen molar-refractivity contribution in [2.45, 2.75) is 12.5 Å². The van der Waals surface area contributed by atoms with Crippen LogP contribution in [0.4, 0.5) is 0 Å². The standard InChI is InChI=1S/C14H11Br2ClO/c15-10-3-6-13(16)12(8-10)14(18)7-9-1-4-11(17)5-2-9/h1-6,8,14,18H,7H2. The van der Waals surface area contributed by atoms with E-state index in [0.717, 1.165) is 20.1 Å². The average Bonchev–Trinajstić information content (AvgIpc) is 2.35. The Bertz CT molecular complexity index is 540. The highest BCUT2D eigenvalue weighted by atomic mass is 79.9. The summed E-state index contributed by atoms with van der Waals surface area (Å²) in [6, 6.07) is 13.3. The number of hydrogen-bond donors (Lipinski definition) is 1. The van der Waals surface area contributed by atoms with Gasteiger partial charge in [0.05, 0.1) is 6.10 Å². The number of rotatable bonds is 3. The summed E-state index contributed by atoms with van der Waals surface area (Å²) in [6.07, 6.45) is 0.0183. The second kappa shape index (κ2) is 6.20. The van der Waals surface area contributed by atoms with Gasteiger partial charge >= 0.3 is 0 Å². The van der Waals surface area contributed by atoms with E-state index in [0.29, 0.717) is 11.4 Å². The van der Waals surface area contributed by atoms with Crippen LogP contribution in [0, 0.1) is 0 Å². The number of hydrogen-bond acceptors (Lipinski definition) is 1. The van der Waals surface area contributed by atoms with Crippen molar-refractivity contribution in [3.63, 3.8) is 0 Å². The van der Waals surface area contributed by atoms with Gasteiger partial charge in [-0.2, -0.15) is 0 Å². The first kappa shape index (κ1) is 14.1. The highest BCUT2D eigenvalue weighted by molar-refractivity contribution is 9.11. The Morgan fingerprint density at radius 2 is 1.72 bits per heavy atom. The van der Waals surface area contributed by atoms with Gasteiger partial charge in [-0.15, -0.1) is 0 Å². The summed E-state index contributed by atoms with van der Waals surface area (Å²) in [5.74, 6) is 0. The van der Waals surface area contributed by atoms with Crippen molar-refractivity contribution in [3.05, 3.63) is 67.6 Å². The van der Waals surface area contributed by atoms with Gasteiger partial charge in [-0.05, 0) is 41.5 Å². The molecule has 0 aromatic heterocycles. The first-order chi connectivity index (χ1) is 8.56. The molecule has 2 aromatic carbocycles. The van der Waals surface area contributed by atoms with Crippen LogP contribution in [0.1, 0.15) is 17.2 Å². The minimum atomic E-state index is -0.543. The molecule has 0 heterocycles. The summed E-state index contributed by atoms with van der Waals surface area (Å²) in [5, 5.41) is 11.0. The van der Waals surface area contributed by atoms with Gasteiger partial charge in [0.2, 0.25) is 0 Å². The molecule has 18 heavy (non-hydrogen) atoms. The van der Waals surface area contributed by atoms with Crippen LogP contribution in [0.15, 0.2) is 51.4 Å². The monoisotopic (exact) mass is 388 g/mol. The van der Waals surface area contributed by atoms with Gasteiger partial charge in [0.15, 0.2) is 0 Å². The van der Waals surface area contributed by atoms with E-state index < -0.39 is 6.10 Å². The van der Waals surface area contributed by atoms with Gasteiger partial charge in [-0.1, -0.05) is 55.6 Å². The van der Waals surface area contributed by atoms with Crippen LogP contribution in [-0.2, 0) is 6.42 Å². The lowest BCUT2D eigenvalue weighted by Gasteiger charge is -2.13. The van der Waals surface area contributed by atoms with Crippen LogP contribution >= 0.6 is 43.5 Å². The van der Waals surface area contributed by atoms with E-state index in [2.05, 4.69) is 31.9 Å². The van der Waals surface area contributed by atoms with Crippen LogP contribution in [0.5, 0.6) is 0 Å². The Labute approximate surface area is 128 Å². The maximum Gasteiger partial charge on any atom is 0.0841 e. The second-order valence-electron chi connectivity index (χ2n) is 4.01. The summed E-state index contributed by atoms with van der Waals surface area (Å²) in [5.41, 5.74) is 1.93. The molecule has 0 amide bonds. The zero-order chi connectivity index (χ0) is 13.1. The highest BCUT2D eigenvalue weighted by Crippen LogP contribution is 2.29. The summed E-state index contributed by atoms with van der Waals surface area (Å²) >= 11 is 12.7. The molecule has 94 valence electrons. The van der Waals surface area contributed by atoms with Crippen molar-refractivity contribution in [2.75, 3.05) is 0 Å². The molecule has 4 heteroatoms. The molecule has 0 bridgehead atoms. The lowest BCUT2D eigenvalue weighted by atomic mass is 10.0. The summed E-state index contributed by atoms with van der Waals surface area (Å²) < 4.78 is 1.86. The molecule has 2 aromatic rings. The number of aliphatic hydroxyl groups is 1. The Balaban J connectivity index is 2.18. The summed E-state index contributed by atoms with van der Waals surface area (Å²) in [6.45, 7) is 0. The van der Waals surface area contributed by atoms with Gasteiger partial charge < -0.3 is 5.11 Å². The van der Waals surface area contributed by atoms with Crippen LogP contribution < -0.4 is 0 Å².